The molecule has 0 radical (unpaired) electrons. The molecule has 0 aliphatic rings. The van der Waals surface area contributed by atoms with Gasteiger partial charge in [0.1, 0.15) is 0 Å². The smallest absolute Gasteiger partial charge is 0.0572 e. The van der Waals surface area contributed by atoms with Gasteiger partial charge in [-0.15, -0.1) is 0 Å². The molecule has 0 aromatic carbocycles. The van der Waals surface area contributed by atoms with E-state index in [1.54, 1.807) is 0 Å². The van der Waals surface area contributed by atoms with Crippen LogP contribution in [-0.2, 0) is 6.42 Å². The topological polar surface area (TPSA) is 12.9 Å². The van der Waals surface area contributed by atoms with Gasteiger partial charge in [0.15, 0.2) is 0 Å². The Kier molecular flexibility index (Phi) is 3.51. The molecule has 0 fully saturated rings. The molecule has 0 N–H and O–H groups in total. The summed E-state index contributed by atoms with van der Waals surface area (Å²) < 4.78 is 0. The summed E-state index contributed by atoms with van der Waals surface area (Å²) in [5.74, 6) is 0. The number of unbranched alkanes of at least 4 members (excludes halogenated alkanes) is 1. The first-order chi connectivity index (χ1) is 5.33. The molecule has 0 bridgehead atoms. The first-order valence-electron chi connectivity index (χ1n) is 4.04. The summed E-state index contributed by atoms with van der Waals surface area (Å²) in [6, 6.07) is 6.14. The minimum Gasteiger partial charge on any atom is -0.254 e. The molecule has 0 aliphatic heterocycles. The Balaban J connectivity index is 2.56. The minimum atomic E-state index is 1.04. The van der Waals surface area contributed by atoms with Crippen molar-refractivity contribution in [1.29, 1.82) is 0 Å². The van der Waals surface area contributed by atoms with Crippen molar-refractivity contribution in [2.75, 3.05) is 0 Å². The molecule has 0 saturated carbocycles. The molecule has 1 nitrogen and oxygen atoms in total. The minimum absolute atomic E-state index is 1.04. The first-order valence-corrected chi connectivity index (χ1v) is 4.62. The summed E-state index contributed by atoms with van der Waals surface area (Å²) in [6.45, 7) is 2.20. The van der Waals surface area contributed by atoms with E-state index in [-0.39, 0.29) is 0 Å². The molecule has 0 amide bonds. The summed E-state index contributed by atoms with van der Waals surface area (Å²) in [4.78, 5) is 4.37. The van der Waals surface area contributed by atoms with Gasteiger partial charge in [-0.1, -0.05) is 28.7 Å². The number of aryl methyl sites for hydroxylation is 1. The fourth-order valence-electron chi connectivity index (χ4n) is 0.995. The average Bonchev–Trinajstić information content (AvgIpc) is 2.01. The Hall–Kier alpha value is -0.420. The van der Waals surface area contributed by atoms with E-state index in [0.717, 1.165) is 11.9 Å². The maximum absolute atomic E-state index is 4.37. The molecule has 11 heavy (non-hydrogen) atoms. The highest BCUT2D eigenvalue weighted by molar-refractivity contribution is 7.26. The molecule has 1 unspecified atom stereocenters. The Labute approximate surface area is 70.4 Å². The zero-order valence-corrected chi connectivity index (χ0v) is 8.03. The van der Waals surface area contributed by atoms with E-state index in [0.29, 0.717) is 0 Å². The van der Waals surface area contributed by atoms with Gasteiger partial charge in [0, 0.05) is 5.69 Å². The monoisotopic (exact) mass is 167 g/mol. The third kappa shape index (κ3) is 2.98. The zero-order chi connectivity index (χ0) is 8.10. The fraction of sp³-hybridized carbons (Fsp3) is 0.444. The Morgan fingerprint density at radius 1 is 1.45 bits per heavy atom. The molecular formula is C9H14NP. The predicted octanol–water partition coefficient (Wildman–Crippen LogP) is 1.92. The normalized spacial score (nSPS) is 10.0. The standard InChI is InChI=1S/C9H14NP/c1-2-3-5-8-6-4-7-9(11)10-8/h4,6-7H,2-3,5,11H2,1H3. The van der Waals surface area contributed by atoms with E-state index in [1.165, 1.54) is 18.5 Å². The lowest BCUT2D eigenvalue weighted by molar-refractivity contribution is 0.779. The molecule has 1 aromatic rings. The predicted molar refractivity (Wildman–Crippen MR) is 52.2 cm³/mol. The van der Waals surface area contributed by atoms with E-state index < -0.39 is 0 Å². The number of rotatable bonds is 3. The SMILES string of the molecule is CCCCc1cccc(P)n1. The van der Waals surface area contributed by atoms with Gasteiger partial charge in [-0.25, -0.2) is 0 Å². The van der Waals surface area contributed by atoms with E-state index in [4.69, 9.17) is 0 Å². The quantitative estimate of drug-likeness (QED) is 0.627. The van der Waals surface area contributed by atoms with Crippen molar-refractivity contribution < 1.29 is 0 Å². The molecular weight excluding hydrogens is 153 g/mol. The first kappa shape index (κ1) is 8.67. The molecule has 0 aliphatic carbocycles. The van der Waals surface area contributed by atoms with Crippen molar-refractivity contribution in [3.8, 4) is 0 Å². The van der Waals surface area contributed by atoms with Crippen LogP contribution < -0.4 is 5.44 Å². The maximum atomic E-state index is 4.37. The van der Waals surface area contributed by atoms with Crippen LogP contribution in [0.5, 0.6) is 0 Å². The lowest BCUT2D eigenvalue weighted by Crippen LogP contribution is -2.00. The molecule has 0 saturated heterocycles. The molecule has 1 atom stereocenters. The van der Waals surface area contributed by atoms with Crippen LogP contribution in [0.2, 0.25) is 0 Å². The van der Waals surface area contributed by atoms with Gasteiger partial charge in [0.2, 0.25) is 0 Å². The van der Waals surface area contributed by atoms with Crippen molar-refractivity contribution in [2.45, 2.75) is 26.2 Å². The van der Waals surface area contributed by atoms with E-state index in [9.17, 15) is 0 Å². The summed E-state index contributed by atoms with van der Waals surface area (Å²) in [5.41, 5.74) is 2.25. The van der Waals surface area contributed by atoms with Crippen LogP contribution in [-0.4, -0.2) is 4.98 Å². The lowest BCUT2D eigenvalue weighted by atomic mass is 10.2. The van der Waals surface area contributed by atoms with Gasteiger partial charge >= 0.3 is 0 Å². The van der Waals surface area contributed by atoms with Crippen LogP contribution in [0.3, 0.4) is 0 Å². The number of aromatic nitrogens is 1. The maximum Gasteiger partial charge on any atom is 0.0572 e. The molecule has 60 valence electrons. The Morgan fingerprint density at radius 3 is 2.91 bits per heavy atom. The number of pyridine rings is 1. The Morgan fingerprint density at radius 2 is 2.27 bits per heavy atom. The van der Waals surface area contributed by atoms with Gasteiger partial charge in [0.25, 0.3) is 0 Å². The number of hydrogen-bond donors (Lipinski definition) is 0. The van der Waals surface area contributed by atoms with Crippen LogP contribution in [0.4, 0.5) is 0 Å². The number of hydrogen-bond acceptors (Lipinski definition) is 1. The summed E-state index contributed by atoms with van der Waals surface area (Å²) in [6.07, 6.45) is 3.59. The highest BCUT2D eigenvalue weighted by Gasteiger charge is 1.92. The third-order valence-corrected chi connectivity index (χ3v) is 1.94. The van der Waals surface area contributed by atoms with Gasteiger partial charge in [0.05, 0.1) is 5.44 Å². The summed E-state index contributed by atoms with van der Waals surface area (Å²) in [7, 11) is 2.62. The fourth-order valence-corrected chi connectivity index (χ4v) is 1.27. The highest BCUT2D eigenvalue weighted by Crippen LogP contribution is 2.00. The number of nitrogens with zero attached hydrogens (tertiary/aromatic N) is 1. The lowest BCUT2D eigenvalue weighted by Gasteiger charge is -1.98. The van der Waals surface area contributed by atoms with Gasteiger partial charge in [-0.2, -0.15) is 0 Å². The second-order valence-corrected chi connectivity index (χ2v) is 3.25. The summed E-state index contributed by atoms with van der Waals surface area (Å²) in [5, 5.41) is 0. The van der Waals surface area contributed by atoms with E-state index in [1.807, 2.05) is 6.07 Å². The van der Waals surface area contributed by atoms with Gasteiger partial charge in [-0.3, -0.25) is 4.98 Å². The van der Waals surface area contributed by atoms with E-state index in [2.05, 4.69) is 33.3 Å². The van der Waals surface area contributed by atoms with Crippen molar-refractivity contribution in [2.24, 2.45) is 0 Å². The second-order valence-electron chi connectivity index (χ2n) is 2.66. The van der Waals surface area contributed by atoms with Crippen LogP contribution in [0.15, 0.2) is 18.2 Å². The molecule has 2 heteroatoms. The van der Waals surface area contributed by atoms with Crippen LogP contribution >= 0.6 is 9.24 Å². The molecule has 1 rings (SSSR count). The van der Waals surface area contributed by atoms with Crippen molar-refractivity contribution in [1.82, 2.24) is 4.98 Å². The second kappa shape index (κ2) is 4.46. The van der Waals surface area contributed by atoms with Crippen molar-refractivity contribution in [3.05, 3.63) is 23.9 Å². The average molecular weight is 167 g/mol. The molecule has 1 aromatic heterocycles. The third-order valence-electron chi connectivity index (χ3n) is 1.61. The van der Waals surface area contributed by atoms with Crippen molar-refractivity contribution in [3.63, 3.8) is 0 Å². The summed E-state index contributed by atoms with van der Waals surface area (Å²) >= 11 is 0. The highest BCUT2D eigenvalue weighted by atomic mass is 31.0. The van der Waals surface area contributed by atoms with Gasteiger partial charge < -0.3 is 0 Å². The van der Waals surface area contributed by atoms with Crippen molar-refractivity contribution >= 4 is 14.7 Å². The zero-order valence-electron chi connectivity index (χ0n) is 6.88. The van der Waals surface area contributed by atoms with Gasteiger partial charge in [-0.05, 0) is 25.0 Å². The Bertz CT molecular complexity index is 223. The van der Waals surface area contributed by atoms with Crippen LogP contribution in [0, 0.1) is 0 Å². The van der Waals surface area contributed by atoms with Crippen LogP contribution in [0.25, 0.3) is 0 Å². The largest absolute Gasteiger partial charge is 0.254 e. The van der Waals surface area contributed by atoms with Crippen LogP contribution in [0.1, 0.15) is 25.5 Å². The molecule has 1 heterocycles. The van der Waals surface area contributed by atoms with E-state index >= 15 is 0 Å². The molecule has 0 spiro atoms.